The third-order valence-corrected chi connectivity index (χ3v) is 4.01. The van der Waals surface area contributed by atoms with Crippen LogP contribution < -0.4 is 10.9 Å². The highest BCUT2D eigenvalue weighted by Gasteiger charge is 2.36. The lowest BCUT2D eigenvalue weighted by atomic mass is 10.1. The Kier molecular flexibility index (Phi) is 5.84. The molecule has 0 aliphatic carbocycles. The Morgan fingerprint density at radius 1 is 0.900 bits per heavy atom. The summed E-state index contributed by atoms with van der Waals surface area (Å²) < 4.78 is 5.02. The second-order valence-electron chi connectivity index (χ2n) is 7.50. The predicted molar refractivity (Wildman–Crippen MR) is 105 cm³/mol. The number of ether oxygens (including phenoxy) is 1. The maximum atomic E-state index is 12.3. The van der Waals surface area contributed by atoms with E-state index < -0.39 is 29.4 Å². The third-order valence-electron chi connectivity index (χ3n) is 4.01. The van der Waals surface area contributed by atoms with Crippen molar-refractivity contribution in [3.63, 3.8) is 0 Å². The van der Waals surface area contributed by atoms with Crippen LogP contribution in [0.25, 0.3) is 0 Å². The molecule has 1 aliphatic rings. The fourth-order valence-electron chi connectivity index (χ4n) is 2.66. The molecular weight excluding hydrogens is 390 g/mol. The van der Waals surface area contributed by atoms with Gasteiger partial charge in [0.25, 0.3) is 17.7 Å². The molecule has 0 atom stereocenters. The Morgan fingerprint density at radius 2 is 1.47 bits per heavy atom. The van der Waals surface area contributed by atoms with E-state index in [-0.39, 0.29) is 12.2 Å². The van der Waals surface area contributed by atoms with Crippen LogP contribution in [0.4, 0.5) is 4.79 Å². The number of fused-ring (bicyclic) bond motifs is 1. The van der Waals surface area contributed by atoms with E-state index in [1.165, 1.54) is 12.1 Å². The summed E-state index contributed by atoms with van der Waals surface area (Å²) in [5.41, 5.74) is 5.25. The Hall–Kier alpha value is -3.72. The quantitative estimate of drug-likeness (QED) is 0.590. The Balaban J connectivity index is 1.53. The van der Waals surface area contributed by atoms with E-state index in [0.717, 1.165) is 5.06 Å². The fourth-order valence-corrected chi connectivity index (χ4v) is 2.66. The Labute approximate surface area is 172 Å². The topological polar surface area (TPSA) is 114 Å². The van der Waals surface area contributed by atoms with Crippen molar-refractivity contribution >= 4 is 23.8 Å². The van der Waals surface area contributed by atoms with Crippen LogP contribution in [0, 0.1) is 0 Å². The zero-order chi connectivity index (χ0) is 21.9. The summed E-state index contributed by atoms with van der Waals surface area (Å²) in [5, 5.41) is 0.732. The van der Waals surface area contributed by atoms with Crippen LogP contribution in [0.3, 0.4) is 0 Å². The van der Waals surface area contributed by atoms with Crippen LogP contribution in [0.1, 0.15) is 57.4 Å². The monoisotopic (exact) mass is 411 g/mol. The van der Waals surface area contributed by atoms with E-state index in [0.29, 0.717) is 16.7 Å². The van der Waals surface area contributed by atoms with Gasteiger partial charge in [-0.2, -0.15) is 0 Å². The minimum Gasteiger partial charge on any atom is -0.443 e. The molecule has 1 aliphatic heterocycles. The van der Waals surface area contributed by atoms with Gasteiger partial charge in [-0.25, -0.2) is 10.2 Å². The first-order valence-electron chi connectivity index (χ1n) is 9.15. The molecule has 1 heterocycles. The highest BCUT2D eigenvalue weighted by Crippen LogP contribution is 2.23. The Bertz CT molecular complexity index is 960. The van der Waals surface area contributed by atoms with Crippen LogP contribution in [0.2, 0.25) is 0 Å². The third kappa shape index (κ3) is 4.81. The zero-order valence-electron chi connectivity index (χ0n) is 16.7. The molecule has 0 saturated carbocycles. The van der Waals surface area contributed by atoms with Crippen molar-refractivity contribution in [2.45, 2.75) is 33.0 Å². The normalized spacial score (nSPS) is 13.1. The van der Waals surface area contributed by atoms with Crippen molar-refractivity contribution in [1.82, 2.24) is 15.9 Å². The highest BCUT2D eigenvalue weighted by molar-refractivity contribution is 6.20. The van der Waals surface area contributed by atoms with Gasteiger partial charge in [-0.3, -0.25) is 24.6 Å². The van der Waals surface area contributed by atoms with Gasteiger partial charge in [0.15, 0.2) is 0 Å². The number of rotatable bonds is 4. The second-order valence-corrected chi connectivity index (χ2v) is 7.50. The lowest BCUT2D eigenvalue weighted by molar-refractivity contribution is -0.101. The number of imide groups is 1. The molecule has 0 fully saturated rings. The molecule has 2 aromatic rings. The molecule has 9 nitrogen and oxygen atoms in total. The number of hydrogen-bond donors (Lipinski definition) is 2. The van der Waals surface area contributed by atoms with Gasteiger partial charge in [0.2, 0.25) is 0 Å². The molecule has 30 heavy (non-hydrogen) atoms. The summed E-state index contributed by atoms with van der Waals surface area (Å²) >= 11 is 0. The number of carbonyl (C=O) groups is 4. The molecule has 0 aromatic heterocycles. The molecule has 0 bridgehead atoms. The molecule has 0 radical (unpaired) electrons. The highest BCUT2D eigenvalue weighted by atomic mass is 16.7. The number of amides is 4. The lowest BCUT2D eigenvalue weighted by Gasteiger charge is -2.19. The average molecular weight is 411 g/mol. The SMILES string of the molecule is CC(C)(C)OC(=O)NNC(=O)c1ccc(CON2C(=O)c3ccccc3C2=O)cc1. The van der Waals surface area contributed by atoms with Crippen molar-refractivity contribution in [3.8, 4) is 0 Å². The van der Waals surface area contributed by atoms with Crippen molar-refractivity contribution in [2.75, 3.05) is 0 Å². The molecule has 156 valence electrons. The van der Waals surface area contributed by atoms with E-state index >= 15 is 0 Å². The summed E-state index contributed by atoms with van der Waals surface area (Å²) in [4.78, 5) is 53.6. The van der Waals surface area contributed by atoms with Crippen molar-refractivity contribution in [1.29, 1.82) is 0 Å². The van der Waals surface area contributed by atoms with Gasteiger partial charge in [-0.15, -0.1) is 5.06 Å². The van der Waals surface area contributed by atoms with Gasteiger partial charge in [-0.05, 0) is 50.6 Å². The molecule has 0 spiro atoms. The summed E-state index contributed by atoms with van der Waals surface area (Å²) in [7, 11) is 0. The first-order valence-corrected chi connectivity index (χ1v) is 9.15. The van der Waals surface area contributed by atoms with E-state index in [9.17, 15) is 19.2 Å². The molecule has 0 unspecified atom stereocenters. The van der Waals surface area contributed by atoms with Crippen LogP contribution in [0.15, 0.2) is 48.5 Å². The van der Waals surface area contributed by atoms with E-state index in [2.05, 4.69) is 10.9 Å². The van der Waals surface area contributed by atoms with Gasteiger partial charge in [0, 0.05) is 5.56 Å². The fraction of sp³-hybridized carbons (Fsp3) is 0.238. The van der Waals surface area contributed by atoms with Crippen LogP contribution in [0.5, 0.6) is 0 Å². The molecule has 9 heteroatoms. The average Bonchev–Trinajstić information content (AvgIpc) is 2.94. The van der Waals surface area contributed by atoms with Crippen LogP contribution in [-0.2, 0) is 16.2 Å². The van der Waals surface area contributed by atoms with Crippen LogP contribution >= 0.6 is 0 Å². The minimum absolute atomic E-state index is 0.0382. The van der Waals surface area contributed by atoms with Crippen molar-refractivity contribution < 1.29 is 28.8 Å². The minimum atomic E-state index is -0.776. The number of hydrazine groups is 1. The molecular formula is C21H21N3O6. The van der Waals surface area contributed by atoms with E-state index in [1.54, 1.807) is 57.2 Å². The summed E-state index contributed by atoms with van der Waals surface area (Å²) in [6, 6.07) is 12.8. The molecule has 0 saturated heterocycles. The lowest BCUT2D eigenvalue weighted by Crippen LogP contribution is -2.44. The van der Waals surface area contributed by atoms with Gasteiger partial charge in [-0.1, -0.05) is 24.3 Å². The van der Waals surface area contributed by atoms with E-state index in [1.807, 2.05) is 0 Å². The molecule has 3 rings (SSSR count). The van der Waals surface area contributed by atoms with Gasteiger partial charge in [0.1, 0.15) is 12.2 Å². The van der Waals surface area contributed by atoms with Crippen molar-refractivity contribution in [2.24, 2.45) is 0 Å². The van der Waals surface area contributed by atoms with Gasteiger partial charge < -0.3 is 4.74 Å². The second kappa shape index (κ2) is 8.34. The first-order chi connectivity index (χ1) is 14.2. The largest absolute Gasteiger partial charge is 0.443 e. The smallest absolute Gasteiger partial charge is 0.426 e. The maximum Gasteiger partial charge on any atom is 0.426 e. The number of nitrogens with one attached hydrogen (secondary N) is 2. The summed E-state index contributed by atoms with van der Waals surface area (Å²) in [6.45, 7) is 5.08. The number of hydrogen-bond acceptors (Lipinski definition) is 6. The maximum absolute atomic E-state index is 12.3. The van der Waals surface area contributed by atoms with Gasteiger partial charge in [0.05, 0.1) is 11.1 Å². The summed E-state index contributed by atoms with van der Waals surface area (Å²) in [6.07, 6.45) is -0.776. The molecule has 2 aromatic carbocycles. The van der Waals surface area contributed by atoms with Gasteiger partial charge >= 0.3 is 6.09 Å². The van der Waals surface area contributed by atoms with E-state index in [4.69, 9.17) is 9.57 Å². The summed E-state index contributed by atoms with van der Waals surface area (Å²) in [5.74, 6) is -1.56. The predicted octanol–water partition coefficient (Wildman–Crippen LogP) is 2.58. The Morgan fingerprint density at radius 3 is 2.00 bits per heavy atom. The van der Waals surface area contributed by atoms with Crippen molar-refractivity contribution in [3.05, 3.63) is 70.8 Å². The number of carbonyl (C=O) groups excluding carboxylic acids is 4. The standard InChI is InChI=1S/C21H21N3O6/c1-21(2,3)30-20(28)23-22-17(25)14-10-8-13(9-11-14)12-29-24-18(26)15-6-4-5-7-16(15)19(24)27/h4-11H,12H2,1-3H3,(H,22,25)(H,23,28). The first kappa shape index (κ1) is 21.0. The van der Waals surface area contributed by atoms with Crippen LogP contribution in [-0.4, -0.2) is 34.5 Å². The molecule has 2 N–H and O–H groups in total. The molecule has 4 amide bonds. The number of benzene rings is 2. The number of hydroxylamine groups is 2. The number of nitrogens with zero attached hydrogens (tertiary/aromatic N) is 1. The zero-order valence-corrected chi connectivity index (χ0v) is 16.7.